The Hall–Kier alpha value is -2.33. The molecule has 0 fully saturated rings. The Kier molecular flexibility index (Phi) is 14.6. The van der Waals surface area contributed by atoms with Crippen LogP contribution in [0, 0.1) is 33.5 Å². The summed E-state index contributed by atoms with van der Waals surface area (Å²) in [6.07, 6.45) is 5.41. The van der Waals surface area contributed by atoms with Gasteiger partial charge in [-0.2, -0.15) is 0 Å². The molecule has 1 N–H and O–H groups in total. The molecule has 35 heavy (non-hydrogen) atoms. The molecule has 2 heterocycles. The number of allylic oxidation sites excluding steroid dienone is 1. The molecule has 0 spiro atoms. The molecule has 1 aromatic heterocycles. The second kappa shape index (κ2) is 15.6. The first-order valence-corrected chi connectivity index (χ1v) is 11.0. The second-order valence-corrected chi connectivity index (χ2v) is 8.31. The zero-order chi connectivity index (χ0) is 23.1. The first-order valence-electron chi connectivity index (χ1n) is 10.6. The van der Waals surface area contributed by atoms with Gasteiger partial charge < -0.3 is 36.4 Å². The first kappa shape index (κ1) is 32.7. The van der Waals surface area contributed by atoms with Crippen LogP contribution in [0.1, 0.15) is 61.5 Å². The molecule has 0 bridgehead atoms. The summed E-state index contributed by atoms with van der Waals surface area (Å²) in [5.74, 6) is -0.670. The summed E-state index contributed by atoms with van der Waals surface area (Å²) in [6.45, 7) is 5.47. The van der Waals surface area contributed by atoms with Crippen molar-refractivity contribution in [3.8, 4) is 0 Å². The molecule has 1 aliphatic rings. The number of nitrogens with one attached hydrogen (secondary N) is 1. The maximum absolute atomic E-state index is 13.3. The van der Waals surface area contributed by atoms with Gasteiger partial charge in [0.25, 0.3) is 0 Å². The molecule has 1 amide bonds. The molecule has 0 aliphatic carbocycles. The van der Waals surface area contributed by atoms with Crippen LogP contribution in [0.3, 0.4) is 0 Å². The number of nitrogens with zero attached hydrogens (tertiary/aromatic N) is 2. The van der Waals surface area contributed by atoms with Crippen LogP contribution < -0.4 is 24.2 Å². The summed E-state index contributed by atoms with van der Waals surface area (Å²) >= 11 is 6.51. The largest absolute Gasteiger partial charge is 1.00 e. The number of unbranched alkanes of at least 4 members (excludes halogenated alkanes) is 2. The van der Waals surface area contributed by atoms with E-state index < -0.39 is 0 Å². The smallest absolute Gasteiger partial charge is 0.373 e. The minimum absolute atomic E-state index is 0. The molecular formula is C26H32ClFLiN3O3-2. The predicted molar refractivity (Wildman–Crippen MR) is 134 cm³/mol. The van der Waals surface area contributed by atoms with E-state index >= 15 is 0 Å². The topological polar surface area (TPSA) is 84.6 Å². The van der Waals surface area contributed by atoms with Gasteiger partial charge in [0.15, 0.2) is 5.78 Å². The summed E-state index contributed by atoms with van der Waals surface area (Å²) in [4.78, 5) is 28.2. The third-order valence-electron chi connectivity index (χ3n) is 5.48. The number of aliphatic imine (C=N–C) groups is 1. The number of hydrogen-bond donors (Lipinski definition) is 1. The van der Waals surface area contributed by atoms with Crippen LogP contribution >= 0.6 is 11.6 Å². The number of amides is 1. The Morgan fingerprint density at radius 3 is 2.46 bits per heavy atom. The number of carbonyl (C=O) groups excluding carboxylic acids is 2. The number of ketones is 1. The van der Waals surface area contributed by atoms with E-state index in [0.29, 0.717) is 30.1 Å². The second-order valence-electron chi connectivity index (χ2n) is 7.95. The SMILES string of the molecule is [CH2-]C(=O)NC(CCCCCC(=O)c1ccon1)C1=NC(Cl)=C(c2ccc(F)cc2)C(C)C1.[CH3-].[CH3-].[Li+]. The minimum atomic E-state index is -0.379. The van der Waals surface area contributed by atoms with Crippen LogP contribution in [0.25, 0.3) is 5.57 Å². The Morgan fingerprint density at radius 1 is 1.20 bits per heavy atom. The fourth-order valence-corrected chi connectivity index (χ4v) is 4.32. The molecular weight excluding hydrogens is 464 g/mol. The molecule has 1 aliphatic heterocycles. The number of benzene rings is 1. The van der Waals surface area contributed by atoms with Gasteiger partial charge >= 0.3 is 18.9 Å². The number of halogens is 2. The zero-order valence-corrected chi connectivity index (χ0v) is 21.7. The molecule has 0 saturated heterocycles. The van der Waals surface area contributed by atoms with Gasteiger partial charge in [0.2, 0.25) is 0 Å². The van der Waals surface area contributed by atoms with Crippen LogP contribution in [0.2, 0.25) is 0 Å². The van der Waals surface area contributed by atoms with Gasteiger partial charge in [-0.25, -0.2) is 9.38 Å². The van der Waals surface area contributed by atoms with Crippen LogP contribution in [0.4, 0.5) is 4.39 Å². The third kappa shape index (κ3) is 9.33. The van der Waals surface area contributed by atoms with Crippen LogP contribution in [0.15, 0.2) is 51.3 Å². The maximum atomic E-state index is 13.3. The van der Waals surface area contributed by atoms with E-state index in [0.717, 1.165) is 36.1 Å². The van der Waals surface area contributed by atoms with Gasteiger partial charge in [0.05, 0.1) is 11.9 Å². The quantitative estimate of drug-likeness (QED) is 0.180. The Balaban J connectivity index is 0.00000385. The number of carbonyl (C=O) groups is 2. The zero-order valence-electron chi connectivity index (χ0n) is 20.9. The van der Waals surface area contributed by atoms with E-state index in [9.17, 15) is 14.0 Å². The number of hydrogen-bond acceptors (Lipinski definition) is 5. The molecule has 186 valence electrons. The summed E-state index contributed by atoms with van der Waals surface area (Å²) in [5, 5.41) is 6.88. The number of Topliss-reactive ketones (excluding diaryl/α,β-unsaturated/α-hetero) is 1. The Bertz CT molecular complexity index is 1010. The number of rotatable bonds is 10. The molecule has 1 aromatic carbocycles. The Labute approximate surface area is 225 Å². The van der Waals surface area contributed by atoms with E-state index in [4.69, 9.17) is 16.1 Å². The van der Waals surface area contributed by atoms with Gasteiger partial charge in [-0.1, -0.05) is 48.7 Å². The van der Waals surface area contributed by atoms with Crippen molar-refractivity contribution in [2.75, 3.05) is 0 Å². The van der Waals surface area contributed by atoms with Crippen molar-refractivity contribution in [3.63, 3.8) is 0 Å². The van der Waals surface area contributed by atoms with Crippen LogP contribution in [-0.4, -0.2) is 28.6 Å². The van der Waals surface area contributed by atoms with Crippen LogP contribution in [-0.2, 0) is 4.79 Å². The fraction of sp³-hybridized carbons (Fsp3) is 0.346. The maximum Gasteiger partial charge on any atom is 1.00 e. The molecule has 0 saturated carbocycles. The molecule has 2 aromatic rings. The van der Waals surface area contributed by atoms with Gasteiger partial charge in [0.1, 0.15) is 22.9 Å². The van der Waals surface area contributed by atoms with Crippen molar-refractivity contribution >= 4 is 34.6 Å². The van der Waals surface area contributed by atoms with Gasteiger partial charge in [-0.15, -0.1) is 0 Å². The van der Waals surface area contributed by atoms with Crippen LogP contribution in [0.5, 0.6) is 0 Å². The molecule has 0 radical (unpaired) electrons. The molecule has 3 rings (SSSR count). The van der Waals surface area contributed by atoms with E-state index in [-0.39, 0.29) is 63.2 Å². The first-order chi connectivity index (χ1) is 15.3. The van der Waals surface area contributed by atoms with Crippen molar-refractivity contribution < 1.29 is 37.4 Å². The fourth-order valence-electron chi connectivity index (χ4n) is 3.92. The normalized spacial score (nSPS) is 15.6. The third-order valence-corrected chi connectivity index (χ3v) is 5.77. The minimum Gasteiger partial charge on any atom is -0.373 e. The Morgan fingerprint density at radius 2 is 1.89 bits per heavy atom. The van der Waals surface area contributed by atoms with Crippen molar-refractivity contribution in [3.05, 3.63) is 80.6 Å². The van der Waals surface area contributed by atoms with Gasteiger partial charge in [0, 0.05) is 18.2 Å². The molecule has 2 unspecified atom stereocenters. The standard InChI is InChI=1S/C24H26ClFN3O3.2CH3.Li/c1-15-14-21(28-24(25)23(15)17-8-10-18(26)11-9-17)19(27-16(2)30)6-4-3-5-7-22(31)20-12-13-32-29-20;;;/h8-13,15,19H,2-7,14H2,1H3,(H,27,30);2*1H3;/q3*-1;+1. The summed E-state index contributed by atoms with van der Waals surface area (Å²) in [7, 11) is 0. The number of aromatic nitrogens is 1. The van der Waals surface area contributed by atoms with Gasteiger partial charge in [-0.05, 0) is 48.4 Å². The molecule has 6 nitrogen and oxygen atoms in total. The summed E-state index contributed by atoms with van der Waals surface area (Å²) < 4.78 is 18.0. The monoisotopic (exact) mass is 495 g/mol. The van der Waals surface area contributed by atoms with E-state index in [1.807, 2.05) is 6.92 Å². The summed E-state index contributed by atoms with van der Waals surface area (Å²) in [6, 6.07) is 7.47. The van der Waals surface area contributed by atoms with E-state index in [1.165, 1.54) is 18.4 Å². The van der Waals surface area contributed by atoms with E-state index in [2.05, 4.69) is 22.4 Å². The van der Waals surface area contributed by atoms with Crippen molar-refractivity contribution in [2.24, 2.45) is 10.9 Å². The average molecular weight is 496 g/mol. The average Bonchev–Trinajstić information content (AvgIpc) is 3.28. The molecule has 2 atom stereocenters. The van der Waals surface area contributed by atoms with Crippen molar-refractivity contribution in [1.29, 1.82) is 0 Å². The van der Waals surface area contributed by atoms with E-state index in [1.54, 1.807) is 18.2 Å². The summed E-state index contributed by atoms with van der Waals surface area (Å²) in [5.41, 5.74) is 2.84. The predicted octanol–water partition coefficient (Wildman–Crippen LogP) is 3.26. The van der Waals surface area contributed by atoms with Crippen molar-refractivity contribution in [2.45, 2.75) is 51.5 Å². The van der Waals surface area contributed by atoms with Crippen molar-refractivity contribution in [1.82, 2.24) is 10.5 Å². The van der Waals surface area contributed by atoms with Gasteiger partial charge in [-0.3, -0.25) is 4.79 Å². The molecule has 9 heteroatoms.